The van der Waals surface area contributed by atoms with Gasteiger partial charge in [0.25, 0.3) is 0 Å². The maximum atomic E-state index is 11.1. The summed E-state index contributed by atoms with van der Waals surface area (Å²) in [7, 11) is 0. The van der Waals surface area contributed by atoms with Crippen LogP contribution in [0.4, 0.5) is 5.69 Å². The van der Waals surface area contributed by atoms with Crippen molar-refractivity contribution >= 4 is 23.4 Å². The van der Waals surface area contributed by atoms with Crippen molar-refractivity contribution in [3.05, 3.63) is 51.8 Å². The average Bonchev–Trinajstić information content (AvgIpc) is 2.47. The number of hydrogen-bond donors (Lipinski definition) is 1. The van der Waals surface area contributed by atoms with Crippen LogP contribution in [-0.2, 0) is 0 Å². The van der Waals surface area contributed by atoms with Crippen LogP contribution < -0.4 is 0 Å². The third-order valence-corrected chi connectivity index (χ3v) is 3.38. The van der Waals surface area contributed by atoms with E-state index in [-0.39, 0.29) is 26.9 Å². The van der Waals surface area contributed by atoms with E-state index >= 15 is 0 Å². The summed E-state index contributed by atoms with van der Waals surface area (Å²) in [6, 6.07) is 5.63. The molecule has 2 aromatic rings. The highest BCUT2D eigenvalue weighted by molar-refractivity contribution is 7.99. The number of carboxylic acids is 1. The predicted molar refractivity (Wildman–Crippen MR) is 70.9 cm³/mol. The second-order valence-corrected chi connectivity index (χ2v) is 4.66. The van der Waals surface area contributed by atoms with E-state index in [1.165, 1.54) is 24.5 Å². The lowest BCUT2D eigenvalue weighted by Gasteiger charge is -2.04. The minimum Gasteiger partial charge on any atom is -0.478 e. The first-order valence-corrected chi connectivity index (χ1v) is 6.25. The molecule has 0 fully saturated rings. The van der Waals surface area contributed by atoms with Gasteiger partial charge in [0.1, 0.15) is 11.1 Å². The molecule has 0 aliphatic carbocycles. The smallest absolute Gasteiger partial charge is 0.338 e. The fourth-order valence-electron chi connectivity index (χ4n) is 1.44. The molecule has 0 bridgehead atoms. The molecule has 2 aromatic heterocycles. The second kappa shape index (κ2) is 5.98. The fourth-order valence-corrected chi connectivity index (χ4v) is 2.34. The molecule has 104 valence electrons. The second-order valence-electron chi connectivity index (χ2n) is 3.68. The maximum absolute atomic E-state index is 11.1. The number of aromatic carboxylic acids is 1. The topological polar surface area (TPSA) is 130 Å². The van der Waals surface area contributed by atoms with Crippen LogP contribution >= 0.6 is 11.8 Å². The summed E-state index contributed by atoms with van der Waals surface area (Å²) in [5.74, 6) is -1.19. The Morgan fingerprint density at radius 3 is 2.81 bits per heavy atom. The van der Waals surface area contributed by atoms with Crippen LogP contribution in [0.1, 0.15) is 15.9 Å². The van der Waals surface area contributed by atoms with Crippen molar-refractivity contribution in [2.75, 3.05) is 0 Å². The van der Waals surface area contributed by atoms with Crippen LogP contribution in [0.2, 0.25) is 0 Å². The van der Waals surface area contributed by atoms with Crippen molar-refractivity contribution in [1.82, 2.24) is 9.97 Å². The standard InChI is InChI=1S/C12H6N4O4S/c13-5-7-4-9(16(19)20)11(15-6-7)21-10-8(12(17)18)2-1-3-14-10/h1-4,6H,(H,17,18). The lowest BCUT2D eigenvalue weighted by molar-refractivity contribution is -0.388. The molecule has 9 heteroatoms. The Balaban J connectivity index is 2.48. The molecule has 0 saturated carbocycles. The van der Waals surface area contributed by atoms with E-state index in [1.54, 1.807) is 6.07 Å². The quantitative estimate of drug-likeness (QED) is 0.671. The first kappa shape index (κ1) is 14.4. The molecule has 0 radical (unpaired) electrons. The lowest BCUT2D eigenvalue weighted by Crippen LogP contribution is -2.01. The summed E-state index contributed by atoms with van der Waals surface area (Å²) in [4.78, 5) is 29.1. The molecule has 0 unspecified atom stereocenters. The van der Waals surface area contributed by atoms with Crippen molar-refractivity contribution in [1.29, 1.82) is 5.26 Å². The molecule has 0 aromatic carbocycles. The van der Waals surface area contributed by atoms with Crippen molar-refractivity contribution in [2.45, 2.75) is 10.1 Å². The number of nitrogens with zero attached hydrogens (tertiary/aromatic N) is 4. The van der Waals surface area contributed by atoms with E-state index in [4.69, 9.17) is 10.4 Å². The highest BCUT2D eigenvalue weighted by atomic mass is 32.2. The number of nitro groups is 1. The summed E-state index contributed by atoms with van der Waals surface area (Å²) < 4.78 is 0. The molecule has 0 spiro atoms. The van der Waals surface area contributed by atoms with E-state index in [2.05, 4.69) is 9.97 Å². The summed E-state index contributed by atoms with van der Waals surface area (Å²) in [5, 5.41) is 28.9. The predicted octanol–water partition coefficient (Wildman–Crippen LogP) is 2.11. The fraction of sp³-hybridized carbons (Fsp3) is 0. The molecule has 2 heterocycles. The number of carboxylic acid groups (broad SMARTS) is 1. The maximum Gasteiger partial charge on any atom is 0.338 e. The number of carbonyl (C=O) groups is 1. The summed E-state index contributed by atoms with van der Waals surface area (Å²) in [5.41, 5.74) is -0.408. The number of nitriles is 1. The molecule has 0 atom stereocenters. The molecular weight excluding hydrogens is 296 g/mol. The molecule has 8 nitrogen and oxygen atoms in total. The van der Waals surface area contributed by atoms with Gasteiger partial charge < -0.3 is 5.11 Å². The van der Waals surface area contributed by atoms with Crippen molar-refractivity contribution in [2.24, 2.45) is 0 Å². The molecule has 0 saturated heterocycles. The van der Waals surface area contributed by atoms with E-state index in [0.717, 1.165) is 17.8 Å². The van der Waals surface area contributed by atoms with Gasteiger partial charge in [0, 0.05) is 18.5 Å². The number of pyridine rings is 2. The Labute approximate surface area is 122 Å². The molecule has 2 rings (SSSR count). The van der Waals surface area contributed by atoms with E-state index in [1.807, 2.05) is 0 Å². The minimum absolute atomic E-state index is 0.0276. The van der Waals surface area contributed by atoms with Gasteiger partial charge in [-0.25, -0.2) is 14.8 Å². The summed E-state index contributed by atoms with van der Waals surface area (Å²) in [6.07, 6.45) is 2.56. The van der Waals surface area contributed by atoms with Crippen molar-refractivity contribution in [3.63, 3.8) is 0 Å². The SMILES string of the molecule is N#Cc1cnc(Sc2ncccc2C(=O)O)c([N+](=O)[O-])c1. The molecule has 0 aliphatic rings. The van der Waals surface area contributed by atoms with Gasteiger partial charge in [0.05, 0.1) is 16.1 Å². The highest BCUT2D eigenvalue weighted by Gasteiger charge is 2.21. The van der Waals surface area contributed by atoms with Crippen LogP contribution in [0.3, 0.4) is 0 Å². The minimum atomic E-state index is -1.19. The zero-order chi connectivity index (χ0) is 15.4. The molecule has 0 aliphatic heterocycles. The van der Waals surface area contributed by atoms with Crippen molar-refractivity contribution < 1.29 is 14.8 Å². The van der Waals surface area contributed by atoms with Gasteiger partial charge in [0.15, 0.2) is 5.03 Å². The molecule has 0 amide bonds. The normalized spacial score (nSPS) is 9.86. The van der Waals surface area contributed by atoms with Crippen molar-refractivity contribution in [3.8, 4) is 6.07 Å². The third-order valence-electron chi connectivity index (χ3n) is 2.35. The van der Waals surface area contributed by atoms with E-state index < -0.39 is 10.9 Å². The van der Waals surface area contributed by atoms with Gasteiger partial charge in [-0.3, -0.25) is 10.1 Å². The Morgan fingerprint density at radius 1 is 1.43 bits per heavy atom. The van der Waals surface area contributed by atoms with Crippen LogP contribution in [-0.4, -0.2) is 26.0 Å². The molecule has 1 N–H and O–H groups in total. The van der Waals surface area contributed by atoms with E-state index in [9.17, 15) is 14.9 Å². The van der Waals surface area contributed by atoms with Crippen LogP contribution in [0.25, 0.3) is 0 Å². The Hall–Kier alpha value is -2.99. The first-order valence-electron chi connectivity index (χ1n) is 5.43. The number of rotatable bonds is 4. The number of aromatic nitrogens is 2. The molecule has 21 heavy (non-hydrogen) atoms. The van der Waals surface area contributed by atoms with Gasteiger partial charge in [-0.2, -0.15) is 5.26 Å². The van der Waals surface area contributed by atoms with Crippen LogP contribution in [0.5, 0.6) is 0 Å². The Kier molecular flexibility index (Phi) is 4.10. The van der Waals surface area contributed by atoms with Gasteiger partial charge in [-0.1, -0.05) is 0 Å². The van der Waals surface area contributed by atoms with Gasteiger partial charge in [-0.05, 0) is 23.9 Å². The Morgan fingerprint density at radius 2 is 2.19 bits per heavy atom. The molecular formula is C12H6N4O4S. The lowest BCUT2D eigenvalue weighted by atomic mass is 10.3. The zero-order valence-electron chi connectivity index (χ0n) is 10.3. The van der Waals surface area contributed by atoms with Crippen LogP contribution in [0, 0.1) is 21.4 Å². The summed E-state index contributed by atoms with van der Waals surface area (Å²) >= 11 is 0.763. The Bertz CT molecular complexity index is 772. The number of hydrogen-bond acceptors (Lipinski definition) is 7. The summed E-state index contributed by atoms with van der Waals surface area (Å²) in [6.45, 7) is 0. The zero-order valence-corrected chi connectivity index (χ0v) is 11.1. The average molecular weight is 302 g/mol. The van der Waals surface area contributed by atoms with E-state index in [0.29, 0.717) is 0 Å². The highest BCUT2D eigenvalue weighted by Crippen LogP contribution is 2.33. The first-order chi connectivity index (χ1) is 10.0. The van der Waals surface area contributed by atoms with Gasteiger partial charge in [-0.15, -0.1) is 0 Å². The van der Waals surface area contributed by atoms with Crippen LogP contribution in [0.15, 0.2) is 40.6 Å². The largest absolute Gasteiger partial charge is 0.478 e. The van der Waals surface area contributed by atoms with Gasteiger partial charge >= 0.3 is 11.7 Å². The van der Waals surface area contributed by atoms with Gasteiger partial charge in [0.2, 0.25) is 0 Å². The monoisotopic (exact) mass is 302 g/mol. The third kappa shape index (κ3) is 3.13.